The minimum Gasteiger partial charge on any atom is -0.507 e. The summed E-state index contributed by atoms with van der Waals surface area (Å²) in [5.74, 6) is 0.467. The van der Waals surface area contributed by atoms with Crippen molar-refractivity contribution in [1.29, 1.82) is 0 Å². The van der Waals surface area contributed by atoms with Crippen molar-refractivity contribution in [2.24, 2.45) is 0 Å². The Morgan fingerprint density at radius 2 is 1.27 bits per heavy atom. The Balaban J connectivity index is 0.000000349. The second-order valence-corrected chi connectivity index (χ2v) is 7.99. The van der Waals surface area contributed by atoms with Crippen LogP contribution < -0.4 is 0 Å². The van der Waals surface area contributed by atoms with E-state index in [2.05, 4.69) is 24.3 Å². The molecule has 0 unspecified atom stereocenters. The molecule has 0 bridgehead atoms. The minimum atomic E-state index is -4.64. The van der Waals surface area contributed by atoms with Crippen molar-refractivity contribution in [3.8, 4) is 16.9 Å². The fourth-order valence-electron chi connectivity index (χ4n) is 4.13. The van der Waals surface area contributed by atoms with E-state index in [9.17, 15) is 5.11 Å². The number of phenols is 1. The number of fused-ring (bicyclic) bond motifs is 2. The largest absolute Gasteiger partial charge is 0.507 e. The first-order valence-electron chi connectivity index (χ1n) is 9.08. The van der Waals surface area contributed by atoms with Gasteiger partial charge in [0.15, 0.2) is 0 Å². The third kappa shape index (κ3) is 4.54. The SMILES string of the molecule is O=P(O)(O)O.Oc1ccc2c(c1-c1cccc3c1CCCC3)CCCC2. The summed E-state index contributed by atoms with van der Waals surface area (Å²) in [5.41, 5.74) is 8.25. The summed E-state index contributed by atoms with van der Waals surface area (Å²) in [7, 11) is -4.64. The molecule has 6 heteroatoms. The fourth-order valence-corrected chi connectivity index (χ4v) is 4.13. The van der Waals surface area contributed by atoms with Crippen molar-refractivity contribution >= 4 is 7.82 Å². The van der Waals surface area contributed by atoms with Gasteiger partial charge in [0, 0.05) is 5.56 Å². The monoisotopic (exact) mass is 376 g/mol. The van der Waals surface area contributed by atoms with E-state index in [4.69, 9.17) is 19.2 Å². The normalized spacial score (nSPS) is 16.1. The molecule has 5 nitrogen and oxygen atoms in total. The highest BCUT2D eigenvalue weighted by atomic mass is 31.2. The number of aromatic hydroxyl groups is 1. The maximum Gasteiger partial charge on any atom is 0.466 e. The van der Waals surface area contributed by atoms with Crippen molar-refractivity contribution < 1.29 is 24.4 Å². The first kappa shape index (κ1) is 19.1. The highest BCUT2D eigenvalue weighted by Crippen LogP contribution is 2.41. The number of phosphoric acid groups is 1. The average molecular weight is 376 g/mol. The molecule has 0 aliphatic heterocycles. The van der Waals surface area contributed by atoms with E-state index in [1.54, 1.807) is 0 Å². The second-order valence-electron chi connectivity index (χ2n) is 6.97. The minimum absolute atomic E-state index is 0.467. The smallest absolute Gasteiger partial charge is 0.466 e. The molecule has 0 aromatic heterocycles. The molecule has 0 amide bonds. The fraction of sp³-hybridized carbons (Fsp3) is 0.400. The summed E-state index contributed by atoms with van der Waals surface area (Å²) >= 11 is 0. The van der Waals surface area contributed by atoms with Gasteiger partial charge in [-0.15, -0.1) is 0 Å². The molecule has 2 aliphatic rings. The average Bonchev–Trinajstić information content (AvgIpc) is 2.60. The Morgan fingerprint density at radius 1 is 0.731 bits per heavy atom. The quantitative estimate of drug-likeness (QED) is 0.566. The standard InChI is InChI=1S/C20H22O.H3O4P/c21-19-13-12-15-7-2-4-10-17(15)20(19)18-11-5-8-14-6-1-3-9-16(14)18;1-5(2,3)4/h5,8,11-13,21H,1-4,6-7,9-10H2;(H3,1,2,3,4). The number of benzene rings is 2. The number of phenolic OH excluding ortho intramolecular Hbond substituents is 1. The highest BCUT2D eigenvalue weighted by Gasteiger charge is 2.21. The second kappa shape index (κ2) is 7.93. The van der Waals surface area contributed by atoms with Crippen molar-refractivity contribution in [1.82, 2.24) is 0 Å². The molecule has 0 atom stereocenters. The van der Waals surface area contributed by atoms with Crippen LogP contribution in [0.2, 0.25) is 0 Å². The van der Waals surface area contributed by atoms with E-state index in [-0.39, 0.29) is 0 Å². The molecule has 2 aliphatic carbocycles. The summed E-state index contributed by atoms with van der Waals surface area (Å²) in [4.78, 5) is 21.6. The summed E-state index contributed by atoms with van der Waals surface area (Å²) in [5, 5.41) is 10.5. The molecule has 0 saturated heterocycles. The molecular weight excluding hydrogens is 351 g/mol. The van der Waals surface area contributed by atoms with Crippen molar-refractivity contribution in [3.05, 3.63) is 52.6 Å². The van der Waals surface area contributed by atoms with Gasteiger partial charge in [0.05, 0.1) is 0 Å². The highest BCUT2D eigenvalue weighted by molar-refractivity contribution is 7.45. The van der Waals surface area contributed by atoms with E-state index < -0.39 is 7.82 Å². The lowest BCUT2D eigenvalue weighted by molar-refractivity contribution is 0.275. The van der Waals surface area contributed by atoms with Gasteiger partial charge in [0.2, 0.25) is 0 Å². The van der Waals surface area contributed by atoms with Crippen LogP contribution in [0.5, 0.6) is 5.75 Å². The molecule has 0 saturated carbocycles. The van der Waals surface area contributed by atoms with Gasteiger partial charge in [0.1, 0.15) is 5.75 Å². The number of rotatable bonds is 1. The Kier molecular flexibility index (Phi) is 5.83. The Labute approximate surface area is 153 Å². The molecule has 26 heavy (non-hydrogen) atoms. The van der Waals surface area contributed by atoms with Gasteiger partial charge < -0.3 is 19.8 Å². The van der Waals surface area contributed by atoms with Crippen LogP contribution >= 0.6 is 7.82 Å². The van der Waals surface area contributed by atoms with Gasteiger partial charge in [0.25, 0.3) is 0 Å². The molecule has 0 fully saturated rings. The van der Waals surface area contributed by atoms with Crippen molar-refractivity contribution in [2.75, 3.05) is 0 Å². The summed E-state index contributed by atoms with van der Waals surface area (Å²) < 4.78 is 8.88. The summed E-state index contributed by atoms with van der Waals surface area (Å²) in [6.45, 7) is 0. The zero-order valence-corrected chi connectivity index (χ0v) is 15.6. The molecule has 0 heterocycles. The van der Waals surface area contributed by atoms with E-state index in [1.165, 1.54) is 59.9 Å². The van der Waals surface area contributed by atoms with Crippen LogP contribution in [0.3, 0.4) is 0 Å². The van der Waals surface area contributed by atoms with Crippen molar-refractivity contribution in [2.45, 2.75) is 51.4 Å². The van der Waals surface area contributed by atoms with E-state index >= 15 is 0 Å². The number of hydrogen-bond donors (Lipinski definition) is 4. The third-order valence-corrected chi connectivity index (χ3v) is 5.18. The summed E-state index contributed by atoms with van der Waals surface area (Å²) in [6.07, 6.45) is 9.74. The first-order valence-corrected chi connectivity index (χ1v) is 10.6. The van der Waals surface area contributed by atoms with Gasteiger partial charge in [-0.05, 0) is 85.3 Å². The van der Waals surface area contributed by atoms with E-state index in [0.717, 1.165) is 24.8 Å². The Hall–Kier alpha value is -1.65. The van der Waals surface area contributed by atoms with E-state index in [1.807, 2.05) is 6.07 Å². The van der Waals surface area contributed by atoms with Gasteiger partial charge in [-0.3, -0.25) is 0 Å². The first-order chi connectivity index (χ1) is 12.3. The van der Waals surface area contributed by atoms with Crippen LogP contribution in [-0.2, 0) is 30.2 Å². The predicted octanol–water partition coefficient (Wildman–Crippen LogP) is 3.89. The molecular formula is C20H25O5P. The molecule has 4 rings (SSSR count). The van der Waals surface area contributed by atoms with Crippen LogP contribution in [0.15, 0.2) is 30.3 Å². The molecule has 4 N–H and O–H groups in total. The van der Waals surface area contributed by atoms with Crippen molar-refractivity contribution in [3.63, 3.8) is 0 Å². The van der Waals surface area contributed by atoms with E-state index in [0.29, 0.717) is 5.75 Å². The lowest BCUT2D eigenvalue weighted by atomic mass is 9.81. The zero-order chi connectivity index (χ0) is 18.7. The van der Waals surface area contributed by atoms with Gasteiger partial charge in [-0.25, -0.2) is 4.57 Å². The molecule has 2 aromatic rings. The van der Waals surface area contributed by atoms with Crippen LogP contribution in [0.4, 0.5) is 0 Å². The van der Waals surface area contributed by atoms with Crippen LogP contribution in [0.25, 0.3) is 11.1 Å². The lowest BCUT2D eigenvalue weighted by Crippen LogP contribution is -2.08. The van der Waals surface area contributed by atoms with Crippen LogP contribution in [0, 0.1) is 0 Å². The Morgan fingerprint density at radius 3 is 1.92 bits per heavy atom. The third-order valence-electron chi connectivity index (χ3n) is 5.18. The maximum atomic E-state index is 10.5. The topological polar surface area (TPSA) is 98.0 Å². The summed E-state index contributed by atoms with van der Waals surface area (Å²) in [6, 6.07) is 10.7. The molecule has 2 aromatic carbocycles. The lowest BCUT2D eigenvalue weighted by Gasteiger charge is -2.24. The zero-order valence-electron chi connectivity index (χ0n) is 14.7. The maximum absolute atomic E-state index is 10.5. The molecule has 0 spiro atoms. The van der Waals surface area contributed by atoms with Crippen LogP contribution in [0.1, 0.15) is 47.9 Å². The number of aryl methyl sites for hydroxylation is 2. The molecule has 140 valence electrons. The van der Waals surface area contributed by atoms with Gasteiger partial charge >= 0.3 is 7.82 Å². The van der Waals surface area contributed by atoms with Gasteiger partial charge in [-0.2, -0.15) is 0 Å². The number of hydrogen-bond acceptors (Lipinski definition) is 2. The predicted molar refractivity (Wildman–Crippen MR) is 101 cm³/mol. The van der Waals surface area contributed by atoms with Gasteiger partial charge in [-0.1, -0.05) is 24.3 Å². The molecule has 0 radical (unpaired) electrons. The van der Waals surface area contributed by atoms with Crippen LogP contribution in [-0.4, -0.2) is 19.8 Å². The Bertz CT molecular complexity index is 832.